The molecular weight excluding hydrogens is 479 g/mol. The number of aromatic nitrogens is 4. The topological polar surface area (TPSA) is 162 Å². The van der Waals surface area contributed by atoms with Gasteiger partial charge in [0.05, 0.1) is 25.6 Å². The molecule has 2 aromatic heterocycles. The second-order valence-corrected chi connectivity index (χ2v) is 9.86. The van der Waals surface area contributed by atoms with Gasteiger partial charge in [0.2, 0.25) is 6.79 Å². The number of rotatable bonds is 11. The van der Waals surface area contributed by atoms with E-state index in [-0.39, 0.29) is 31.3 Å². The second kappa shape index (κ2) is 10.5. The number of nitrogen functional groups attached to an aromatic ring is 1. The lowest BCUT2D eigenvalue weighted by molar-refractivity contribution is -0.144. The summed E-state index contributed by atoms with van der Waals surface area (Å²) in [6.07, 6.45) is 2.20. The number of nitrogens with two attached hydrogens (primary N) is 1. The molecule has 188 valence electrons. The minimum absolute atomic E-state index is 0.0920. The highest BCUT2D eigenvalue weighted by Crippen LogP contribution is 2.46. The number of imidazole rings is 1. The van der Waals surface area contributed by atoms with E-state index < -0.39 is 25.6 Å². The molecular formula is C21H27N6O7P. The summed E-state index contributed by atoms with van der Waals surface area (Å²) in [6.45, 7) is 5.67. The number of hydrogen-bond acceptors (Lipinski definition) is 11. The van der Waals surface area contributed by atoms with Gasteiger partial charge in [-0.1, -0.05) is 0 Å². The van der Waals surface area contributed by atoms with Gasteiger partial charge in [0.25, 0.3) is 0 Å². The van der Waals surface area contributed by atoms with Gasteiger partial charge in [-0.3, -0.25) is 9.36 Å². The third-order valence-electron chi connectivity index (χ3n) is 5.04. The summed E-state index contributed by atoms with van der Waals surface area (Å²) in [6, 6.07) is 3.92. The van der Waals surface area contributed by atoms with Gasteiger partial charge >= 0.3 is 13.5 Å². The Morgan fingerprint density at radius 2 is 2.06 bits per heavy atom. The quantitative estimate of drug-likeness (QED) is 0.289. The summed E-state index contributed by atoms with van der Waals surface area (Å²) in [5.41, 5.74) is 6.89. The highest BCUT2D eigenvalue weighted by atomic mass is 31.2. The maximum atomic E-state index is 13.8. The monoisotopic (exact) mass is 506 g/mol. The number of hydrogen-bond donors (Lipinski definition) is 2. The molecule has 13 nitrogen and oxygen atoms in total. The third kappa shape index (κ3) is 5.81. The zero-order valence-electron chi connectivity index (χ0n) is 19.5. The molecule has 0 fully saturated rings. The van der Waals surface area contributed by atoms with Crippen LogP contribution < -0.4 is 24.8 Å². The molecule has 3 heterocycles. The predicted molar refractivity (Wildman–Crippen MR) is 125 cm³/mol. The molecule has 1 aliphatic heterocycles. The van der Waals surface area contributed by atoms with E-state index in [1.54, 1.807) is 49.9 Å². The molecule has 0 spiro atoms. The molecule has 1 aliphatic rings. The Hall–Kier alpha value is -3.41. The average molecular weight is 506 g/mol. The van der Waals surface area contributed by atoms with Crippen LogP contribution in [-0.2, 0) is 25.4 Å². The number of carbonyl (C=O) groups is 1. The molecule has 1 aromatic carbocycles. The number of anilines is 1. The van der Waals surface area contributed by atoms with E-state index in [2.05, 4.69) is 20.0 Å². The number of nitrogens with one attached hydrogen (secondary N) is 1. The number of nitrogens with zero attached hydrogens (tertiary/aromatic N) is 4. The number of carbonyl (C=O) groups excluding carboxylic acids is 1. The Bertz CT molecular complexity index is 1250. The smallest absolute Gasteiger partial charge is 0.342 e. The van der Waals surface area contributed by atoms with Crippen molar-refractivity contribution in [2.75, 3.05) is 25.5 Å². The van der Waals surface area contributed by atoms with Gasteiger partial charge < -0.3 is 33.8 Å². The highest BCUT2D eigenvalue weighted by molar-refractivity contribution is 7.57. The van der Waals surface area contributed by atoms with Crippen LogP contribution in [0.4, 0.5) is 5.82 Å². The summed E-state index contributed by atoms with van der Waals surface area (Å²) >= 11 is 0. The largest absolute Gasteiger partial charge is 0.465 e. The number of ether oxygens (including phenoxy) is 4. The third-order valence-corrected chi connectivity index (χ3v) is 6.82. The summed E-state index contributed by atoms with van der Waals surface area (Å²) in [4.78, 5) is 24.5. The normalized spacial score (nSPS) is 16.0. The van der Waals surface area contributed by atoms with Crippen LogP contribution in [0, 0.1) is 0 Å². The lowest BCUT2D eigenvalue weighted by atomic mass is 10.3. The van der Waals surface area contributed by atoms with Crippen LogP contribution in [0.25, 0.3) is 11.2 Å². The number of benzene rings is 1. The lowest BCUT2D eigenvalue weighted by Gasteiger charge is -2.25. The Labute approximate surface area is 201 Å². The van der Waals surface area contributed by atoms with E-state index in [0.29, 0.717) is 29.2 Å². The fraction of sp³-hybridized carbons (Fsp3) is 0.429. The van der Waals surface area contributed by atoms with Crippen molar-refractivity contribution in [1.29, 1.82) is 0 Å². The molecule has 35 heavy (non-hydrogen) atoms. The molecule has 3 N–H and O–H groups in total. The SMILES string of the molecule is CCOC(=O)[C@@H](C)NP(=O)(CO[C@H](C)Cn1cnc2c(N)ncnc21)Oc1ccc2c(c1)OCO2. The van der Waals surface area contributed by atoms with Crippen LogP contribution in [0.5, 0.6) is 17.2 Å². The van der Waals surface area contributed by atoms with E-state index in [0.717, 1.165) is 0 Å². The van der Waals surface area contributed by atoms with Crippen LogP contribution in [0.1, 0.15) is 20.8 Å². The van der Waals surface area contributed by atoms with Crippen molar-refractivity contribution in [2.24, 2.45) is 0 Å². The zero-order valence-corrected chi connectivity index (χ0v) is 20.4. The van der Waals surface area contributed by atoms with Crippen molar-refractivity contribution >= 4 is 30.5 Å². The van der Waals surface area contributed by atoms with Crippen LogP contribution in [-0.4, -0.2) is 57.4 Å². The first kappa shape index (κ1) is 24.7. The van der Waals surface area contributed by atoms with E-state index in [1.807, 2.05) is 0 Å². The Morgan fingerprint density at radius 3 is 2.86 bits per heavy atom. The fourth-order valence-corrected chi connectivity index (χ4v) is 5.18. The van der Waals surface area contributed by atoms with Gasteiger partial charge in [0, 0.05) is 6.07 Å². The van der Waals surface area contributed by atoms with E-state index in [9.17, 15) is 9.36 Å². The first-order valence-corrected chi connectivity index (χ1v) is 12.7. The van der Waals surface area contributed by atoms with Crippen molar-refractivity contribution in [3.05, 3.63) is 30.9 Å². The Morgan fingerprint density at radius 1 is 1.26 bits per heavy atom. The maximum Gasteiger partial charge on any atom is 0.342 e. The molecule has 0 radical (unpaired) electrons. The molecule has 0 aliphatic carbocycles. The molecule has 0 amide bonds. The Balaban J connectivity index is 1.47. The van der Waals surface area contributed by atoms with Crippen molar-refractivity contribution in [3.8, 4) is 17.2 Å². The first-order chi connectivity index (χ1) is 16.8. The van der Waals surface area contributed by atoms with Gasteiger partial charge in [0.15, 0.2) is 23.0 Å². The molecule has 0 bridgehead atoms. The lowest BCUT2D eigenvalue weighted by Crippen LogP contribution is -2.36. The Kier molecular flexibility index (Phi) is 7.39. The molecule has 0 saturated carbocycles. The molecule has 4 rings (SSSR count). The first-order valence-electron chi connectivity index (χ1n) is 10.9. The maximum absolute atomic E-state index is 13.8. The van der Waals surface area contributed by atoms with Crippen molar-refractivity contribution in [1.82, 2.24) is 24.6 Å². The number of esters is 1. The summed E-state index contributed by atoms with van der Waals surface area (Å²) in [7, 11) is -3.74. The summed E-state index contributed by atoms with van der Waals surface area (Å²) in [5, 5.41) is 2.75. The molecule has 14 heteroatoms. The summed E-state index contributed by atoms with van der Waals surface area (Å²) in [5.74, 6) is 1.01. The van der Waals surface area contributed by atoms with E-state index >= 15 is 0 Å². The predicted octanol–water partition coefficient (Wildman–Crippen LogP) is 2.31. The highest BCUT2D eigenvalue weighted by Gasteiger charge is 2.32. The molecule has 3 aromatic rings. The van der Waals surface area contributed by atoms with Crippen LogP contribution in [0.3, 0.4) is 0 Å². The van der Waals surface area contributed by atoms with Crippen LogP contribution in [0.2, 0.25) is 0 Å². The minimum atomic E-state index is -3.74. The van der Waals surface area contributed by atoms with Crippen LogP contribution >= 0.6 is 7.52 Å². The van der Waals surface area contributed by atoms with E-state index in [4.69, 9.17) is 29.2 Å². The fourth-order valence-electron chi connectivity index (χ4n) is 3.40. The van der Waals surface area contributed by atoms with Crippen molar-refractivity contribution < 1.29 is 32.8 Å². The van der Waals surface area contributed by atoms with E-state index in [1.165, 1.54) is 6.33 Å². The standard InChI is InChI=1S/C21H27N6O7P/c1-4-30-21(28)14(3)26-35(29,34-15-5-6-16-17(7-15)32-11-31-16)12-33-13(2)8-27-10-25-18-19(22)23-9-24-20(18)27/h5-7,9-10,13-14H,4,8,11-12H2,1-3H3,(H,26,29)(H2,22,23,24)/t13-,14-,35?/m1/s1. The minimum Gasteiger partial charge on any atom is -0.465 e. The van der Waals surface area contributed by atoms with Crippen molar-refractivity contribution in [2.45, 2.75) is 39.5 Å². The zero-order chi connectivity index (χ0) is 25.0. The van der Waals surface area contributed by atoms with Gasteiger partial charge in [-0.05, 0) is 32.9 Å². The van der Waals surface area contributed by atoms with Crippen LogP contribution in [0.15, 0.2) is 30.9 Å². The summed E-state index contributed by atoms with van der Waals surface area (Å²) < 4.78 is 42.9. The van der Waals surface area contributed by atoms with Gasteiger partial charge in [-0.25, -0.2) is 20.0 Å². The average Bonchev–Trinajstić information content (AvgIpc) is 3.45. The second-order valence-electron chi connectivity index (χ2n) is 7.82. The number of fused-ring (bicyclic) bond motifs is 2. The molecule has 0 saturated heterocycles. The van der Waals surface area contributed by atoms with Crippen molar-refractivity contribution in [3.63, 3.8) is 0 Å². The molecule has 3 atom stereocenters. The van der Waals surface area contributed by atoms with Gasteiger partial charge in [0.1, 0.15) is 30.0 Å². The van der Waals surface area contributed by atoms with Gasteiger partial charge in [-0.15, -0.1) is 0 Å². The van der Waals surface area contributed by atoms with Gasteiger partial charge in [-0.2, -0.15) is 0 Å². The molecule has 1 unspecified atom stereocenters.